The molecule has 0 aromatic carbocycles. The van der Waals surface area contributed by atoms with Gasteiger partial charge in [0.15, 0.2) is 6.29 Å². The van der Waals surface area contributed by atoms with E-state index in [1.165, 1.54) is 0 Å². The van der Waals surface area contributed by atoms with E-state index < -0.39 is 112 Å². The normalized spacial score (nSPS) is 33.9. The first kappa shape index (κ1) is 30.7. The van der Waals surface area contributed by atoms with Gasteiger partial charge in [0, 0.05) is 6.42 Å². The lowest BCUT2D eigenvalue weighted by molar-refractivity contribution is -0.286. The van der Waals surface area contributed by atoms with Crippen molar-refractivity contribution in [1.29, 1.82) is 0 Å². The van der Waals surface area contributed by atoms with Crippen molar-refractivity contribution in [3.8, 4) is 0 Å². The van der Waals surface area contributed by atoms with Crippen molar-refractivity contribution >= 4 is 42.6 Å². The second-order valence-electron chi connectivity index (χ2n) is 6.85. The predicted octanol–water partition coefficient (Wildman–Crippen LogP) is -3.90. The fourth-order valence-electron chi connectivity index (χ4n) is 3.05. The second kappa shape index (κ2) is 12.3. The van der Waals surface area contributed by atoms with Gasteiger partial charge in [0.05, 0.1) is 25.9 Å². The summed E-state index contributed by atoms with van der Waals surface area (Å²) in [6, 6.07) is -1.70. The largest absolute Gasteiger partial charge is 0.397 e. The maximum absolute atomic E-state index is 11.3. The molecule has 2 saturated heterocycles. The zero-order chi connectivity index (χ0) is 26.6. The molecule has 0 saturated carbocycles. The van der Waals surface area contributed by atoms with Crippen LogP contribution in [0.25, 0.3) is 0 Å². The topological polar surface area (TPSA) is 297 Å². The van der Waals surface area contributed by atoms with Crippen LogP contribution >= 0.6 is 0 Å². The smallest absolute Gasteiger partial charge is 0.387 e. The summed E-state index contributed by atoms with van der Waals surface area (Å²) < 4.78 is 146. The van der Waals surface area contributed by atoms with E-state index in [2.05, 4.69) is 16.8 Å². The Balaban J connectivity index is 2.30. The Bertz CT molecular complexity index is 1040. The van der Waals surface area contributed by atoms with Crippen molar-refractivity contribution in [2.45, 2.75) is 49.3 Å². The van der Waals surface area contributed by atoms with Crippen LogP contribution < -0.4 is 5.48 Å². The minimum absolute atomic E-state index is 0.456. The molecule has 0 aromatic rings. The third-order valence-electron chi connectivity index (χ3n) is 4.30. The van der Waals surface area contributed by atoms with E-state index in [4.69, 9.17) is 32.4 Å². The van der Waals surface area contributed by atoms with Crippen molar-refractivity contribution in [1.82, 2.24) is 5.48 Å². The molecule has 8 atom stereocenters. The van der Waals surface area contributed by atoms with Crippen LogP contribution in [0.2, 0.25) is 0 Å². The predicted molar refractivity (Wildman–Crippen MR) is 104 cm³/mol. The van der Waals surface area contributed by atoms with Gasteiger partial charge < -0.3 is 19.3 Å². The second-order valence-corrected chi connectivity index (χ2v) is 10.6. The van der Waals surface area contributed by atoms with Crippen LogP contribution in [-0.4, -0.2) is 115 Å². The minimum Gasteiger partial charge on any atom is -0.387 e. The number of ether oxygens (including phenoxy) is 3. The third-order valence-corrected chi connectivity index (χ3v) is 5.95. The Hall–Kier alpha value is -0.520. The standard InChI is InChI=1S/C11H21NO19S4/c13-10-7(3-25-4-8(10)30-35(22,23)24)28-11-9(12-31-32(14)15)6(29-34(19,20)21)1-5(27-11)2-26-33(16,17)18/h5-13H,1-4H2,(H,14,15)(H,16,17,18)(H,19,20,21)(H,22,23,24)/t5?,6-,7+,8?,9?,10-,11+/m1/s1. The molecule has 0 aliphatic carbocycles. The molecule has 0 aromatic heterocycles. The van der Waals surface area contributed by atoms with Crippen LogP contribution in [0.3, 0.4) is 0 Å². The Morgan fingerprint density at radius 2 is 1.49 bits per heavy atom. The van der Waals surface area contributed by atoms with Gasteiger partial charge in [-0.2, -0.15) is 39.2 Å². The van der Waals surface area contributed by atoms with Crippen LogP contribution in [-0.2, 0) is 73.6 Å². The van der Waals surface area contributed by atoms with Crippen molar-refractivity contribution in [3.05, 3.63) is 0 Å². The van der Waals surface area contributed by atoms with Crippen molar-refractivity contribution in [2.24, 2.45) is 0 Å². The van der Waals surface area contributed by atoms with Gasteiger partial charge in [-0.05, 0) is 0 Å². The fraction of sp³-hybridized carbons (Fsp3) is 1.00. The number of hydrogen-bond acceptors (Lipinski definition) is 16. The lowest BCUT2D eigenvalue weighted by Gasteiger charge is -2.43. The summed E-state index contributed by atoms with van der Waals surface area (Å²) in [5.41, 5.74) is 1.89. The molecule has 2 rings (SSSR count). The van der Waals surface area contributed by atoms with Crippen LogP contribution in [0.15, 0.2) is 0 Å². The van der Waals surface area contributed by atoms with Gasteiger partial charge in [-0.25, -0.2) is 12.5 Å². The average molecular weight is 600 g/mol. The van der Waals surface area contributed by atoms with Gasteiger partial charge in [-0.3, -0.25) is 18.2 Å². The zero-order valence-electron chi connectivity index (χ0n) is 17.0. The highest BCUT2D eigenvalue weighted by atomic mass is 32.3. The van der Waals surface area contributed by atoms with E-state index in [-0.39, 0.29) is 0 Å². The number of nitrogens with one attached hydrogen (secondary N) is 1. The fourth-order valence-corrected chi connectivity index (χ4v) is 4.56. The number of rotatable bonds is 12. The van der Waals surface area contributed by atoms with E-state index in [1.807, 2.05) is 5.48 Å². The monoisotopic (exact) mass is 599 g/mol. The molecule has 2 aliphatic heterocycles. The maximum Gasteiger partial charge on any atom is 0.397 e. The van der Waals surface area contributed by atoms with Gasteiger partial charge in [-0.15, -0.1) is 0 Å². The van der Waals surface area contributed by atoms with E-state index in [0.717, 1.165) is 0 Å². The lowest BCUT2D eigenvalue weighted by Crippen LogP contribution is -2.61. The number of aliphatic hydroxyl groups excluding tert-OH is 1. The molecule has 0 spiro atoms. The minimum atomic E-state index is -5.20. The van der Waals surface area contributed by atoms with Gasteiger partial charge in [0.1, 0.15) is 30.5 Å². The highest BCUT2D eigenvalue weighted by Gasteiger charge is 2.47. The Morgan fingerprint density at radius 3 is 2.03 bits per heavy atom. The quantitative estimate of drug-likeness (QED) is 0.0709. The molecule has 0 amide bonds. The molecule has 35 heavy (non-hydrogen) atoms. The molecule has 4 unspecified atom stereocenters. The molecule has 24 heteroatoms. The van der Waals surface area contributed by atoms with Crippen molar-refractivity contribution in [2.75, 3.05) is 19.8 Å². The molecule has 2 aliphatic rings. The van der Waals surface area contributed by atoms with Crippen molar-refractivity contribution in [3.63, 3.8) is 0 Å². The molecule has 0 bridgehead atoms. The molecular weight excluding hydrogens is 578 g/mol. The summed E-state index contributed by atoms with van der Waals surface area (Å²) in [6.45, 7) is -1.91. The summed E-state index contributed by atoms with van der Waals surface area (Å²) in [6.07, 6.45) is -10.7. The van der Waals surface area contributed by atoms with Gasteiger partial charge in [0.25, 0.3) is 0 Å². The zero-order valence-corrected chi connectivity index (χ0v) is 20.2. The van der Waals surface area contributed by atoms with E-state index in [9.17, 15) is 34.6 Å². The molecular formula is C11H21NO19S4. The van der Waals surface area contributed by atoms with Crippen LogP contribution in [0.5, 0.6) is 0 Å². The third kappa shape index (κ3) is 11.2. The number of hydrogen-bond donors (Lipinski definition) is 6. The van der Waals surface area contributed by atoms with Crippen LogP contribution in [0, 0.1) is 0 Å². The van der Waals surface area contributed by atoms with Crippen LogP contribution in [0.1, 0.15) is 6.42 Å². The average Bonchev–Trinajstić information content (AvgIpc) is 2.66. The number of hydroxylamine groups is 1. The summed E-state index contributed by atoms with van der Waals surface area (Å²) in [7, 11) is -15.2. The first-order valence-corrected chi connectivity index (χ1v) is 14.1. The summed E-state index contributed by atoms with van der Waals surface area (Å²) in [5, 5.41) is 10.3. The Kier molecular flexibility index (Phi) is 10.8. The number of aliphatic hydroxyl groups is 1. The molecule has 0 radical (unpaired) electrons. The molecule has 2 heterocycles. The SMILES string of the molecule is O=S(O)ONC1[C@H](O[C@H]2COCC(OS(=O)(=O)O)[C@@H]2O)OC(COS(=O)(=O)O)C[C@H]1OS(=O)(=O)O. The first-order chi connectivity index (χ1) is 15.9. The van der Waals surface area contributed by atoms with Crippen LogP contribution in [0.4, 0.5) is 0 Å². The van der Waals surface area contributed by atoms with Gasteiger partial charge in [0.2, 0.25) is 0 Å². The molecule has 2 fully saturated rings. The Morgan fingerprint density at radius 1 is 0.914 bits per heavy atom. The van der Waals surface area contributed by atoms with Gasteiger partial charge >= 0.3 is 42.6 Å². The van der Waals surface area contributed by atoms with E-state index >= 15 is 0 Å². The van der Waals surface area contributed by atoms with Crippen molar-refractivity contribution < 1.29 is 83.8 Å². The van der Waals surface area contributed by atoms with Gasteiger partial charge in [-0.1, -0.05) is 0 Å². The molecule has 6 N–H and O–H groups in total. The first-order valence-electron chi connectivity index (χ1n) is 8.97. The highest BCUT2D eigenvalue weighted by Crippen LogP contribution is 2.28. The van der Waals surface area contributed by atoms with E-state index in [0.29, 0.717) is 0 Å². The molecule has 20 nitrogen and oxygen atoms in total. The highest BCUT2D eigenvalue weighted by molar-refractivity contribution is 7.81. The summed E-state index contributed by atoms with van der Waals surface area (Å²) in [4.78, 5) is 0. The summed E-state index contributed by atoms with van der Waals surface area (Å²) in [5.74, 6) is 0. The lowest BCUT2D eigenvalue weighted by atomic mass is 10.0. The maximum atomic E-state index is 11.3. The Labute approximate surface area is 201 Å². The molecule has 208 valence electrons. The summed E-state index contributed by atoms with van der Waals surface area (Å²) >= 11 is -2.99. The van der Waals surface area contributed by atoms with E-state index in [1.54, 1.807) is 0 Å².